The molecule has 1 aromatic heterocycles. The maximum atomic E-state index is 12.0. The molecule has 2 N–H and O–H groups in total. The van der Waals surface area contributed by atoms with Crippen LogP contribution in [-0.4, -0.2) is 15.6 Å². The standard InChI is InChI=1S/C12H13N3O/c1-2-15-7-6-11(14-15)12(16)9-4-3-5-10(13)8-9/h3-8H,2,13H2,1H3. The van der Waals surface area contributed by atoms with Crippen molar-refractivity contribution in [3.63, 3.8) is 0 Å². The lowest BCUT2D eigenvalue weighted by Crippen LogP contribution is -2.04. The van der Waals surface area contributed by atoms with Gasteiger partial charge in [0, 0.05) is 24.0 Å². The average Bonchev–Trinajstić information content (AvgIpc) is 2.76. The lowest BCUT2D eigenvalue weighted by Gasteiger charge is -1.99. The highest BCUT2D eigenvalue weighted by Gasteiger charge is 2.11. The molecule has 0 saturated heterocycles. The van der Waals surface area contributed by atoms with Crippen LogP contribution in [0.5, 0.6) is 0 Å². The van der Waals surface area contributed by atoms with Crippen LogP contribution in [-0.2, 0) is 6.54 Å². The predicted molar refractivity (Wildman–Crippen MR) is 62.2 cm³/mol. The topological polar surface area (TPSA) is 60.9 Å². The van der Waals surface area contributed by atoms with E-state index in [-0.39, 0.29) is 5.78 Å². The van der Waals surface area contributed by atoms with Crippen molar-refractivity contribution in [1.82, 2.24) is 9.78 Å². The molecule has 1 heterocycles. The minimum atomic E-state index is -0.0977. The van der Waals surface area contributed by atoms with E-state index in [9.17, 15) is 4.79 Å². The van der Waals surface area contributed by atoms with E-state index in [0.717, 1.165) is 6.54 Å². The summed E-state index contributed by atoms with van der Waals surface area (Å²) in [6.07, 6.45) is 1.79. The van der Waals surface area contributed by atoms with Crippen LogP contribution in [0.1, 0.15) is 23.0 Å². The first-order valence-corrected chi connectivity index (χ1v) is 5.14. The van der Waals surface area contributed by atoms with E-state index in [4.69, 9.17) is 5.73 Å². The van der Waals surface area contributed by atoms with Gasteiger partial charge in [0.25, 0.3) is 0 Å². The molecule has 0 fully saturated rings. The van der Waals surface area contributed by atoms with Crippen LogP contribution in [0, 0.1) is 0 Å². The molecule has 0 unspecified atom stereocenters. The number of rotatable bonds is 3. The van der Waals surface area contributed by atoms with Crippen molar-refractivity contribution in [2.24, 2.45) is 0 Å². The highest BCUT2D eigenvalue weighted by molar-refractivity contribution is 6.08. The Morgan fingerprint density at radius 2 is 2.25 bits per heavy atom. The van der Waals surface area contributed by atoms with Crippen molar-refractivity contribution in [2.75, 3.05) is 5.73 Å². The van der Waals surface area contributed by atoms with Crippen LogP contribution < -0.4 is 5.73 Å². The summed E-state index contributed by atoms with van der Waals surface area (Å²) in [6.45, 7) is 2.73. The third kappa shape index (κ3) is 1.95. The number of nitrogens with two attached hydrogens (primary N) is 1. The molecule has 4 heteroatoms. The number of nitrogens with zero attached hydrogens (tertiary/aromatic N) is 2. The summed E-state index contributed by atoms with van der Waals surface area (Å²) in [7, 11) is 0. The maximum Gasteiger partial charge on any atom is 0.213 e. The van der Waals surface area contributed by atoms with E-state index in [1.54, 1.807) is 41.2 Å². The van der Waals surface area contributed by atoms with E-state index >= 15 is 0 Å². The minimum Gasteiger partial charge on any atom is -0.399 e. The number of carbonyl (C=O) groups is 1. The molecule has 0 amide bonds. The van der Waals surface area contributed by atoms with Gasteiger partial charge in [0.15, 0.2) is 0 Å². The van der Waals surface area contributed by atoms with Gasteiger partial charge in [-0.25, -0.2) is 0 Å². The first-order chi connectivity index (χ1) is 7.70. The number of carbonyl (C=O) groups excluding carboxylic acids is 1. The Morgan fingerprint density at radius 1 is 1.44 bits per heavy atom. The highest BCUT2D eigenvalue weighted by atomic mass is 16.1. The normalized spacial score (nSPS) is 10.3. The molecule has 0 radical (unpaired) electrons. The molecule has 0 aliphatic heterocycles. The summed E-state index contributed by atoms with van der Waals surface area (Å²) < 4.78 is 1.72. The van der Waals surface area contributed by atoms with Crippen LogP contribution in [0.25, 0.3) is 0 Å². The Labute approximate surface area is 93.7 Å². The Kier molecular flexibility index (Phi) is 2.72. The first kappa shape index (κ1) is 10.4. The fourth-order valence-electron chi connectivity index (χ4n) is 1.49. The Balaban J connectivity index is 2.31. The number of aryl methyl sites for hydroxylation is 1. The maximum absolute atomic E-state index is 12.0. The quantitative estimate of drug-likeness (QED) is 0.626. The fraction of sp³-hybridized carbons (Fsp3) is 0.167. The smallest absolute Gasteiger partial charge is 0.213 e. The van der Waals surface area contributed by atoms with Crippen LogP contribution in [0.4, 0.5) is 5.69 Å². The zero-order valence-electron chi connectivity index (χ0n) is 9.05. The summed E-state index contributed by atoms with van der Waals surface area (Å²) in [5.74, 6) is -0.0977. The van der Waals surface area contributed by atoms with Crippen molar-refractivity contribution in [3.05, 3.63) is 47.8 Å². The molecule has 2 rings (SSSR count). The molecule has 82 valence electrons. The molecule has 0 aliphatic carbocycles. The summed E-state index contributed by atoms with van der Waals surface area (Å²) >= 11 is 0. The number of anilines is 1. The summed E-state index contributed by atoms with van der Waals surface area (Å²) in [6, 6.07) is 8.63. The highest BCUT2D eigenvalue weighted by Crippen LogP contribution is 2.11. The van der Waals surface area contributed by atoms with Crippen LogP contribution >= 0.6 is 0 Å². The van der Waals surface area contributed by atoms with E-state index in [1.165, 1.54) is 0 Å². The second-order valence-electron chi connectivity index (χ2n) is 3.51. The summed E-state index contributed by atoms with van der Waals surface area (Å²) in [4.78, 5) is 12.0. The number of ketones is 1. The van der Waals surface area contributed by atoms with Gasteiger partial charge < -0.3 is 5.73 Å². The second-order valence-corrected chi connectivity index (χ2v) is 3.51. The van der Waals surface area contributed by atoms with Crippen molar-refractivity contribution in [3.8, 4) is 0 Å². The molecule has 0 spiro atoms. The fourth-order valence-corrected chi connectivity index (χ4v) is 1.49. The Hall–Kier alpha value is -2.10. The van der Waals surface area contributed by atoms with E-state index < -0.39 is 0 Å². The Morgan fingerprint density at radius 3 is 2.88 bits per heavy atom. The molecular formula is C12H13N3O. The SMILES string of the molecule is CCn1ccc(C(=O)c2cccc(N)c2)n1. The second kappa shape index (κ2) is 4.18. The zero-order chi connectivity index (χ0) is 11.5. The van der Waals surface area contributed by atoms with Gasteiger partial charge in [-0.15, -0.1) is 0 Å². The molecule has 0 bridgehead atoms. The number of aromatic nitrogens is 2. The van der Waals surface area contributed by atoms with Crippen LogP contribution in [0.2, 0.25) is 0 Å². The first-order valence-electron chi connectivity index (χ1n) is 5.14. The summed E-state index contributed by atoms with van der Waals surface area (Å²) in [5.41, 5.74) is 7.23. The Bertz CT molecular complexity index is 516. The molecule has 0 atom stereocenters. The van der Waals surface area contributed by atoms with Gasteiger partial charge in [-0.05, 0) is 25.1 Å². The summed E-state index contributed by atoms with van der Waals surface area (Å²) in [5, 5.41) is 4.16. The number of hydrogen-bond acceptors (Lipinski definition) is 3. The van der Waals surface area contributed by atoms with E-state index in [2.05, 4.69) is 5.10 Å². The lowest BCUT2D eigenvalue weighted by atomic mass is 10.1. The van der Waals surface area contributed by atoms with Gasteiger partial charge in [-0.1, -0.05) is 12.1 Å². The van der Waals surface area contributed by atoms with Crippen molar-refractivity contribution >= 4 is 11.5 Å². The molecule has 0 saturated carbocycles. The molecule has 16 heavy (non-hydrogen) atoms. The molecular weight excluding hydrogens is 202 g/mol. The van der Waals surface area contributed by atoms with E-state index in [0.29, 0.717) is 16.9 Å². The van der Waals surface area contributed by atoms with Gasteiger partial charge in [0.1, 0.15) is 5.69 Å². The monoisotopic (exact) mass is 215 g/mol. The third-order valence-electron chi connectivity index (χ3n) is 2.35. The number of nitrogen functional groups attached to an aromatic ring is 1. The molecule has 2 aromatic rings. The molecule has 0 aliphatic rings. The largest absolute Gasteiger partial charge is 0.399 e. The van der Waals surface area contributed by atoms with Crippen molar-refractivity contribution in [1.29, 1.82) is 0 Å². The van der Waals surface area contributed by atoms with Crippen molar-refractivity contribution < 1.29 is 4.79 Å². The number of hydrogen-bond donors (Lipinski definition) is 1. The molecule has 1 aromatic carbocycles. The van der Waals surface area contributed by atoms with E-state index in [1.807, 2.05) is 6.92 Å². The predicted octanol–water partition coefficient (Wildman–Crippen LogP) is 1.72. The van der Waals surface area contributed by atoms with Crippen molar-refractivity contribution in [2.45, 2.75) is 13.5 Å². The molecule has 4 nitrogen and oxygen atoms in total. The van der Waals surface area contributed by atoms with Gasteiger partial charge in [-0.3, -0.25) is 9.48 Å². The number of benzene rings is 1. The van der Waals surface area contributed by atoms with Crippen LogP contribution in [0.3, 0.4) is 0 Å². The van der Waals surface area contributed by atoms with Gasteiger partial charge in [-0.2, -0.15) is 5.10 Å². The lowest BCUT2D eigenvalue weighted by molar-refractivity contribution is 0.103. The zero-order valence-corrected chi connectivity index (χ0v) is 9.05. The average molecular weight is 215 g/mol. The third-order valence-corrected chi connectivity index (χ3v) is 2.35. The van der Waals surface area contributed by atoms with Gasteiger partial charge >= 0.3 is 0 Å². The van der Waals surface area contributed by atoms with Crippen LogP contribution in [0.15, 0.2) is 36.5 Å². The van der Waals surface area contributed by atoms with Gasteiger partial charge in [0.2, 0.25) is 5.78 Å². The minimum absolute atomic E-state index is 0.0977. The van der Waals surface area contributed by atoms with Gasteiger partial charge in [0.05, 0.1) is 0 Å².